The Morgan fingerprint density at radius 3 is 2.94 bits per heavy atom. The van der Waals surface area contributed by atoms with Gasteiger partial charge in [-0.2, -0.15) is 0 Å². The van der Waals surface area contributed by atoms with E-state index in [4.69, 9.17) is 17.3 Å². The lowest BCUT2D eigenvalue weighted by Gasteiger charge is -2.16. The number of halogens is 1. The van der Waals surface area contributed by atoms with E-state index in [1.165, 1.54) is 0 Å². The first kappa shape index (κ1) is 11.2. The van der Waals surface area contributed by atoms with Gasteiger partial charge < -0.3 is 15.2 Å². The van der Waals surface area contributed by atoms with Crippen molar-refractivity contribution in [2.45, 2.75) is 0 Å². The Hall–Kier alpha value is -1.26. The second-order valence-electron chi connectivity index (χ2n) is 3.81. The molecular weight excluding hydrogens is 224 g/mol. The number of nitrogens with zero attached hydrogens (tertiary/aromatic N) is 3. The summed E-state index contributed by atoms with van der Waals surface area (Å²) in [4.78, 5) is 6.58. The van der Waals surface area contributed by atoms with Gasteiger partial charge in [0.15, 0.2) is 0 Å². The van der Waals surface area contributed by atoms with Crippen LogP contribution in [0.5, 0.6) is 0 Å². The molecule has 1 heterocycles. The number of hydrogen-bond donors (Lipinski definition) is 1. The van der Waals surface area contributed by atoms with Crippen LogP contribution < -0.4 is 10.6 Å². The zero-order valence-electron chi connectivity index (χ0n) is 9.44. The summed E-state index contributed by atoms with van der Waals surface area (Å²) < 4.78 is 2.04. The Kier molecular flexibility index (Phi) is 3.03. The highest BCUT2D eigenvalue weighted by Crippen LogP contribution is 2.23. The van der Waals surface area contributed by atoms with Crippen LogP contribution in [0, 0.1) is 0 Å². The van der Waals surface area contributed by atoms with Crippen molar-refractivity contribution in [3.05, 3.63) is 23.2 Å². The van der Waals surface area contributed by atoms with E-state index in [1.807, 2.05) is 41.8 Å². The highest BCUT2D eigenvalue weighted by atomic mass is 35.5. The zero-order valence-corrected chi connectivity index (χ0v) is 10.2. The molecule has 2 rings (SSSR count). The van der Waals surface area contributed by atoms with Crippen LogP contribution in [0.1, 0.15) is 0 Å². The number of rotatable bonds is 3. The monoisotopic (exact) mass is 238 g/mol. The Morgan fingerprint density at radius 1 is 1.50 bits per heavy atom. The van der Waals surface area contributed by atoms with Crippen LogP contribution in [0.4, 0.5) is 5.95 Å². The van der Waals surface area contributed by atoms with Gasteiger partial charge in [0.05, 0.1) is 11.0 Å². The van der Waals surface area contributed by atoms with Crippen molar-refractivity contribution in [3.8, 4) is 0 Å². The van der Waals surface area contributed by atoms with Gasteiger partial charge in [0, 0.05) is 32.2 Å². The fourth-order valence-electron chi connectivity index (χ4n) is 1.80. The van der Waals surface area contributed by atoms with Crippen LogP contribution in [-0.4, -0.2) is 29.7 Å². The first-order chi connectivity index (χ1) is 7.63. The number of likely N-dealkylation sites (N-methyl/N-ethyl adjacent to an activating group) is 1. The molecule has 0 radical (unpaired) electrons. The molecule has 0 fully saturated rings. The number of imidazole rings is 1. The predicted octanol–water partition coefficient (Wildman–Crippen LogP) is 1.62. The van der Waals surface area contributed by atoms with E-state index in [2.05, 4.69) is 4.98 Å². The molecule has 0 saturated heterocycles. The minimum absolute atomic E-state index is 0.612. The third kappa shape index (κ3) is 1.86. The van der Waals surface area contributed by atoms with Gasteiger partial charge in [-0.1, -0.05) is 11.6 Å². The molecule has 16 heavy (non-hydrogen) atoms. The molecule has 0 spiro atoms. The van der Waals surface area contributed by atoms with Gasteiger partial charge in [0.1, 0.15) is 0 Å². The molecule has 0 saturated carbocycles. The highest BCUT2D eigenvalue weighted by molar-refractivity contribution is 6.31. The molecule has 0 aliphatic heterocycles. The van der Waals surface area contributed by atoms with Gasteiger partial charge in [-0.25, -0.2) is 4.98 Å². The predicted molar refractivity (Wildman–Crippen MR) is 68.0 cm³/mol. The van der Waals surface area contributed by atoms with Crippen molar-refractivity contribution in [1.29, 1.82) is 0 Å². The average Bonchev–Trinajstić information content (AvgIpc) is 2.56. The standard InChI is InChI=1S/C11H15ClN4/c1-15(6-5-13)11-14-9-7-8(12)3-4-10(9)16(11)2/h3-4,7H,5-6,13H2,1-2H3. The smallest absolute Gasteiger partial charge is 0.206 e. The molecule has 0 bridgehead atoms. The molecule has 4 nitrogen and oxygen atoms in total. The molecule has 5 heteroatoms. The fourth-order valence-corrected chi connectivity index (χ4v) is 1.96. The van der Waals surface area contributed by atoms with E-state index >= 15 is 0 Å². The number of nitrogens with two attached hydrogens (primary N) is 1. The summed E-state index contributed by atoms with van der Waals surface area (Å²) in [5.74, 6) is 0.905. The second-order valence-corrected chi connectivity index (χ2v) is 4.25. The van der Waals surface area contributed by atoms with E-state index in [0.29, 0.717) is 11.6 Å². The highest BCUT2D eigenvalue weighted by Gasteiger charge is 2.11. The number of anilines is 1. The molecule has 86 valence electrons. The quantitative estimate of drug-likeness (QED) is 0.884. The van der Waals surface area contributed by atoms with E-state index in [1.54, 1.807) is 0 Å². The molecule has 1 aromatic heterocycles. The summed E-state index contributed by atoms with van der Waals surface area (Å²) in [5.41, 5.74) is 7.52. The first-order valence-electron chi connectivity index (χ1n) is 5.16. The summed E-state index contributed by atoms with van der Waals surface area (Å²) in [5, 5.41) is 0.707. The van der Waals surface area contributed by atoms with Crippen molar-refractivity contribution in [1.82, 2.24) is 9.55 Å². The molecule has 0 aliphatic carbocycles. The van der Waals surface area contributed by atoms with Gasteiger partial charge in [0.2, 0.25) is 5.95 Å². The number of benzene rings is 1. The molecule has 2 N–H and O–H groups in total. The Bertz CT molecular complexity index is 506. The normalized spacial score (nSPS) is 11.0. The maximum absolute atomic E-state index is 5.94. The molecule has 0 aliphatic rings. The Balaban J connectivity index is 2.51. The molecule has 0 atom stereocenters. The summed E-state index contributed by atoms with van der Waals surface area (Å²) in [7, 11) is 3.97. The van der Waals surface area contributed by atoms with Crippen LogP contribution in [-0.2, 0) is 7.05 Å². The molecule has 0 amide bonds. The number of aryl methyl sites for hydroxylation is 1. The Labute approximate surface area is 99.6 Å². The maximum atomic E-state index is 5.94. The first-order valence-corrected chi connectivity index (χ1v) is 5.54. The van der Waals surface area contributed by atoms with Gasteiger partial charge in [0.25, 0.3) is 0 Å². The molecule has 2 aromatic rings. The summed E-state index contributed by atoms with van der Waals surface area (Å²) in [6.07, 6.45) is 0. The zero-order chi connectivity index (χ0) is 11.7. The van der Waals surface area contributed by atoms with Gasteiger partial charge >= 0.3 is 0 Å². The van der Waals surface area contributed by atoms with E-state index in [9.17, 15) is 0 Å². The van der Waals surface area contributed by atoms with Crippen LogP contribution >= 0.6 is 11.6 Å². The van der Waals surface area contributed by atoms with Gasteiger partial charge in [-0.05, 0) is 18.2 Å². The lowest BCUT2D eigenvalue weighted by Crippen LogP contribution is -2.27. The van der Waals surface area contributed by atoms with Crippen LogP contribution in [0.3, 0.4) is 0 Å². The lowest BCUT2D eigenvalue weighted by atomic mass is 10.3. The van der Waals surface area contributed by atoms with Crippen molar-refractivity contribution in [3.63, 3.8) is 0 Å². The van der Waals surface area contributed by atoms with Crippen molar-refractivity contribution in [2.24, 2.45) is 12.8 Å². The number of aromatic nitrogens is 2. The van der Waals surface area contributed by atoms with Crippen molar-refractivity contribution < 1.29 is 0 Å². The van der Waals surface area contributed by atoms with E-state index in [0.717, 1.165) is 23.5 Å². The van der Waals surface area contributed by atoms with E-state index < -0.39 is 0 Å². The van der Waals surface area contributed by atoms with Crippen LogP contribution in [0.25, 0.3) is 11.0 Å². The third-order valence-electron chi connectivity index (χ3n) is 2.63. The van der Waals surface area contributed by atoms with Crippen LogP contribution in [0.15, 0.2) is 18.2 Å². The SMILES string of the molecule is CN(CCN)c1nc2cc(Cl)ccc2n1C. The third-order valence-corrected chi connectivity index (χ3v) is 2.86. The molecule has 1 aromatic carbocycles. The van der Waals surface area contributed by atoms with Crippen molar-refractivity contribution >= 4 is 28.6 Å². The van der Waals surface area contributed by atoms with Crippen molar-refractivity contribution in [2.75, 3.05) is 25.0 Å². The van der Waals surface area contributed by atoms with Crippen LogP contribution in [0.2, 0.25) is 5.02 Å². The van der Waals surface area contributed by atoms with E-state index in [-0.39, 0.29) is 0 Å². The summed E-state index contributed by atoms with van der Waals surface area (Å²) in [6.45, 7) is 1.39. The minimum atomic E-state index is 0.612. The Morgan fingerprint density at radius 2 is 2.25 bits per heavy atom. The van der Waals surface area contributed by atoms with Gasteiger partial charge in [-0.3, -0.25) is 0 Å². The second kappa shape index (κ2) is 4.31. The fraction of sp³-hybridized carbons (Fsp3) is 0.364. The minimum Gasteiger partial charge on any atom is -0.344 e. The maximum Gasteiger partial charge on any atom is 0.206 e. The topological polar surface area (TPSA) is 47.1 Å². The molecular formula is C11H15ClN4. The number of fused-ring (bicyclic) bond motifs is 1. The average molecular weight is 239 g/mol. The summed E-state index contributed by atoms with van der Waals surface area (Å²) >= 11 is 5.94. The number of hydrogen-bond acceptors (Lipinski definition) is 3. The summed E-state index contributed by atoms with van der Waals surface area (Å²) in [6, 6.07) is 5.72. The molecule has 0 unspecified atom stereocenters. The van der Waals surface area contributed by atoms with Gasteiger partial charge in [-0.15, -0.1) is 0 Å². The largest absolute Gasteiger partial charge is 0.344 e. The lowest BCUT2D eigenvalue weighted by molar-refractivity contribution is 0.808.